The first kappa shape index (κ1) is 15.7. The van der Waals surface area contributed by atoms with E-state index in [2.05, 4.69) is 19.2 Å². The highest BCUT2D eigenvalue weighted by atomic mass is 19.1. The molecule has 116 valence electrons. The molecule has 0 amide bonds. The van der Waals surface area contributed by atoms with Gasteiger partial charge in [0.05, 0.1) is 10.6 Å². The summed E-state index contributed by atoms with van der Waals surface area (Å²) >= 11 is 0. The Kier molecular flexibility index (Phi) is 5.15. The normalized spacial score (nSPS) is 22.3. The molecule has 1 aliphatic carbocycles. The van der Waals surface area contributed by atoms with Crippen LogP contribution in [0.5, 0.6) is 0 Å². The zero-order valence-electron chi connectivity index (χ0n) is 12.6. The third kappa shape index (κ3) is 4.41. The van der Waals surface area contributed by atoms with E-state index in [0.717, 1.165) is 25.3 Å². The Morgan fingerprint density at radius 3 is 2.86 bits per heavy atom. The molecular weight excluding hydrogens is 271 g/mol. The smallest absolute Gasteiger partial charge is 0.271 e. The Morgan fingerprint density at radius 1 is 1.43 bits per heavy atom. The van der Waals surface area contributed by atoms with Crippen molar-refractivity contribution in [1.82, 2.24) is 0 Å². The molecule has 0 aliphatic heterocycles. The third-order valence-corrected chi connectivity index (χ3v) is 4.11. The van der Waals surface area contributed by atoms with Crippen molar-refractivity contribution in [3.8, 4) is 0 Å². The molecule has 2 unspecified atom stereocenters. The lowest BCUT2D eigenvalue weighted by Crippen LogP contribution is -2.28. The number of hydrogen-bond acceptors (Lipinski definition) is 3. The van der Waals surface area contributed by atoms with Gasteiger partial charge in [0.25, 0.3) is 5.69 Å². The minimum absolute atomic E-state index is 0.0755. The van der Waals surface area contributed by atoms with Crippen LogP contribution in [0, 0.1) is 27.8 Å². The molecule has 4 nitrogen and oxygen atoms in total. The van der Waals surface area contributed by atoms with Crippen LogP contribution in [0.1, 0.15) is 46.0 Å². The zero-order valence-corrected chi connectivity index (χ0v) is 12.6. The van der Waals surface area contributed by atoms with Gasteiger partial charge < -0.3 is 5.32 Å². The van der Waals surface area contributed by atoms with E-state index in [1.165, 1.54) is 25.0 Å². The minimum atomic E-state index is -0.493. The summed E-state index contributed by atoms with van der Waals surface area (Å²) in [4.78, 5) is 10.3. The fraction of sp³-hybridized carbons (Fsp3) is 0.625. The van der Waals surface area contributed by atoms with Crippen molar-refractivity contribution >= 4 is 11.4 Å². The molecule has 0 bridgehead atoms. The summed E-state index contributed by atoms with van der Waals surface area (Å²) in [5.74, 6) is 0.910. The summed E-state index contributed by atoms with van der Waals surface area (Å²) < 4.78 is 13.8. The van der Waals surface area contributed by atoms with Crippen LogP contribution < -0.4 is 5.32 Å². The zero-order chi connectivity index (χ0) is 15.4. The number of nitro benzene ring substituents is 1. The van der Waals surface area contributed by atoms with E-state index in [-0.39, 0.29) is 17.4 Å². The first-order valence-electron chi connectivity index (χ1n) is 7.66. The highest BCUT2D eigenvalue weighted by molar-refractivity contribution is 5.52. The molecule has 0 heterocycles. The Labute approximate surface area is 124 Å². The summed E-state index contributed by atoms with van der Waals surface area (Å²) in [5.41, 5.74) is 0.174. The summed E-state index contributed by atoms with van der Waals surface area (Å²) in [5, 5.41) is 14.0. The molecule has 0 radical (unpaired) electrons. The van der Waals surface area contributed by atoms with Crippen molar-refractivity contribution in [3.63, 3.8) is 0 Å². The van der Waals surface area contributed by atoms with Crippen molar-refractivity contribution in [1.29, 1.82) is 0 Å². The standard InChI is InChI=1S/C16H23FN2O2/c1-11(2)8-12-4-3-5-13(9-12)18-16-10-14(19(20)21)6-7-15(16)17/h6-7,10-13,18H,3-5,8-9H2,1-2H3. The van der Waals surface area contributed by atoms with Crippen LogP contribution in [-0.2, 0) is 0 Å². The number of nitrogens with one attached hydrogen (secondary N) is 1. The number of rotatable bonds is 5. The number of halogens is 1. The van der Waals surface area contributed by atoms with E-state index in [4.69, 9.17) is 0 Å². The number of non-ortho nitro benzene ring substituents is 1. The van der Waals surface area contributed by atoms with E-state index in [0.29, 0.717) is 11.8 Å². The summed E-state index contributed by atoms with van der Waals surface area (Å²) in [6.45, 7) is 4.44. The van der Waals surface area contributed by atoms with Gasteiger partial charge in [-0.25, -0.2) is 4.39 Å². The first-order valence-corrected chi connectivity index (χ1v) is 7.66. The number of nitro groups is 1. The number of benzene rings is 1. The monoisotopic (exact) mass is 294 g/mol. The Balaban J connectivity index is 2.03. The quantitative estimate of drug-likeness (QED) is 0.629. The third-order valence-electron chi connectivity index (χ3n) is 4.11. The van der Waals surface area contributed by atoms with Gasteiger partial charge in [0, 0.05) is 18.2 Å². The number of anilines is 1. The van der Waals surface area contributed by atoms with Crippen molar-refractivity contribution in [3.05, 3.63) is 34.1 Å². The van der Waals surface area contributed by atoms with Gasteiger partial charge in [-0.15, -0.1) is 0 Å². The SMILES string of the molecule is CC(C)CC1CCCC(Nc2cc([N+](=O)[O-])ccc2F)C1. The molecule has 1 fully saturated rings. The Hall–Kier alpha value is -1.65. The number of hydrogen-bond donors (Lipinski definition) is 1. The molecular formula is C16H23FN2O2. The van der Waals surface area contributed by atoms with Gasteiger partial charge in [0.2, 0.25) is 0 Å². The fourth-order valence-electron chi connectivity index (χ4n) is 3.26. The van der Waals surface area contributed by atoms with Crippen LogP contribution in [0.25, 0.3) is 0 Å². The van der Waals surface area contributed by atoms with E-state index in [1.807, 2.05) is 0 Å². The lowest BCUT2D eigenvalue weighted by atomic mass is 9.81. The second kappa shape index (κ2) is 6.87. The van der Waals surface area contributed by atoms with Crippen molar-refractivity contribution < 1.29 is 9.31 Å². The first-order chi connectivity index (χ1) is 9.95. The van der Waals surface area contributed by atoms with Crippen LogP contribution in [0.4, 0.5) is 15.8 Å². The molecule has 1 aromatic rings. The second-order valence-electron chi connectivity index (χ2n) is 6.42. The molecule has 5 heteroatoms. The van der Waals surface area contributed by atoms with Crippen LogP contribution in [0.3, 0.4) is 0 Å². The summed E-state index contributed by atoms with van der Waals surface area (Å²) in [6, 6.07) is 3.86. The van der Waals surface area contributed by atoms with E-state index >= 15 is 0 Å². The second-order valence-corrected chi connectivity index (χ2v) is 6.42. The highest BCUT2D eigenvalue weighted by Crippen LogP contribution is 2.32. The maximum Gasteiger partial charge on any atom is 0.271 e. The predicted octanol–water partition coefficient (Wildman–Crippen LogP) is 4.75. The van der Waals surface area contributed by atoms with Gasteiger partial charge >= 0.3 is 0 Å². The number of nitrogens with zero attached hydrogens (tertiary/aromatic N) is 1. The minimum Gasteiger partial charge on any atom is -0.380 e. The van der Waals surface area contributed by atoms with Crippen molar-refractivity contribution in [2.45, 2.75) is 52.0 Å². The molecule has 2 rings (SSSR count). The molecule has 0 saturated heterocycles. The lowest BCUT2D eigenvalue weighted by Gasteiger charge is -2.31. The molecule has 1 N–H and O–H groups in total. The molecule has 2 atom stereocenters. The van der Waals surface area contributed by atoms with E-state index in [1.54, 1.807) is 0 Å². The maximum absolute atomic E-state index is 13.8. The van der Waals surface area contributed by atoms with Crippen LogP contribution in [0.2, 0.25) is 0 Å². The average Bonchev–Trinajstić information content (AvgIpc) is 2.40. The molecule has 0 aromatic heterocycles. The topological polar surface area (TPSA) is 55.2 Å². The van der Waals surface area contributed by atoms with Crippen molar-refractivity contribution in [2.75, 3.05) is 5.32 Å². The van der Waals surface area contributed by atoms with Gasteiger partial charge in [-0.2, -0.15) is 0 Å². The van der Waals surface area contributed by atoms with Crippen molar-refractivity contribution in [2.24, 2.45) is 11.8 Å². The highest BCUT2D eigenvalue weighted by Gasteiger charge is 2.23. The van der Waals surface area contributed by atoms with Crippen LogP contribution in [0.15, 0.2) is 18.2 Å². The van der Waals surface area contributed by atoms with Gasteiger partial charge in [0.1, 0.15) is 5.82 Å². The van der Waals surface area contributed by atoms with Gasteiger partial charge in [-0.1, -0.05) is 26.7 Å². The molecule has 0 spiro atoms. The van der Waals surface area contributed by atoms with Gasteiger partial charge in [-0.3, -0.25) is 10.1 Å². The Morgan fingerprint density at radius 2 is 2.19 bits per heavy atom. The Bertz CT molecular complexity index is 505. The summed E-state index contributed by atoms with van der Waals surface area (Å²) in [6.07, 6.45) is 5.56. The largest absolute Gasteiger partial charge is 0.380 e. The average molecular weight is 294 g/mol. The van der Waals surface area contributed by atoms with Crippen LogP contribution >= 0.6 is 0 Å². The molecule has 1 aromatic carbocycles. The maximum atomic E-state index is 13.8. The lowest BCUT2D eigenvalue weighted by molar-refractivity contribution is -0.384. The summed E-state index contributed by atoms with van der Waals surface area (Å²) in [7, 11) is 0. The molecule has 1 aliphatic rings. The van der Waals surface area contributed by atoms with Gasteiger partial charge in [-0.05, 0) is 37.2 Å². The van der Waals surface area contributed by atoms with Gasteiger partial charge in [0.15, 0.2) is 0 Å². The molecule has 1 saturated carbocycles. The molecule has 21 heavy (non-hydrogen) atoms. The van der Waals surface area contributed by atoms with E-state index < -0.39 is 10.7 Å². The fourth-order valence-corrected chi connectivity index (χ4v) is 3.26. The van der Waals surface area contributed by atoms with E-state index in [9.17, 15) is 14.5 Å². The van der Waals surface area contributed by atoms with Crippen LogP contribution in [-0.4, -0.2) is 11.0 Å². The predicted molar refractivity (Wildman–Crippen MR) is 81.9 cm³/mol.